The summed E-state index contributed by atoms with van der Waals surface area (Å²) < 4.78 is 45.8. The molecule has 1 heterocycles. The van der Waals surface area contributed by atoms with Gasteiger partial charge in [-0.25, -0.2) is 17.5 Å². The summed E-state index contributed by atoms with van der Waals surface area (Å²) in [7, 11) is -2.52. The van der Waals surface area contributed by atoms with Crippen molar-refractivity contribution in [1.82, 2.24) is 14.9 Å². The average Bonchev–Trinajstić information content (AvgIpc) is 2.72. The molecule has 0 aromatic heterocycles. The number of rotatable bonds is 7. The number of sulfonamides is 1. The Morgan fingerprint density at radius 1 is 1.10 bits per heavy atom. The molecule has 3 rings (SSSR count). The van der Waals surface area contributed by atoms with Crippen molar-refractivity contribution in [2.75, 3.05) is 20.1 Å². The Kier molecular flexibility index (Phi) is 7.42. The summed E-state index contributed by atoms with van der Waals surface area (Å²) in [6.45, 7) is 6.93. The van der Waals surface area contributed by atoms with E-state index < -0.39 is 21.7 Å². The first kappa shape index (κ1) is 23.3. The van der Waals surface area contributed by atoms with Crippen LogP contribution in [0.2, 0.25) is 0 Å². The van der Waals surface area contributed by atoms with Crippen molar-refractivity contribution >= 4 is 15.9 Å². The zero-order valence-corrected chi connectivity index (χ0v) is 18.7. The number of nitrogens with zero attached hydrogens (tertiary/aromatic N) is 1. The zero-order chi connectivity index (χ0) is 22.6. The fourth-order valence-corrected chi connectivity index (χ4v) is 4.43. The Labute approximate surface area is 182 Å². The highest BCUT2D eigenvalue weighted by atomic mass is 32.2. The Hall–Kier alpha value is -2.33. The number of morpholine rings is 1. The van der Waals surface area contributed by atoms with E-state index in [4.69, 9.17) is 4.74 Å². The van der Waals surface area contributed by atoms with Crippen molar-refractivity contribution in [2.45, 2.75) is 44.0 Å². The summed E-state index contributed by atoms with van der Waals surface area (Å²) in [4.78, 5) is 14.6. The van der Waals surface area contributed by atoms with Crippen molar-refractivity contribution in [3.63, 3.8) is 0 Å². The second kappa shape index (κ2) is 9.86. The largest absolute Gasteiger partial charge is 0.373 e. The maximum atomic E-state index is 14.1. The van der Waals surface area contributed by atoms with Crippen LogP contribution in [0.25, 0.3) is 0 Å². The van der Waals surface area contributed by atoms with Gasteiger partial charge in [0.15, 0.2) is 0 Å². The predicted octanol–water partition coefficient (Wildman–Crippen LogP) is 2.27. The SMILES string of the molecule is CNS(=O)(=O)c1ccc(F)c(C(=O)NCc2ccc(CN3CC(C)OC(C)C3)cc2)c1. The van der Waals surface area contributed by atoms with Crippen LogP contribution in [-0.2, 0) is 27.8 Å². The molecule has 31 heavy (non-hydrogen) atoms. The highest BCUT2D eigenvalue weighted by Gasteiger charge is 2.22. The van der Waals surface area contributed by atoms with E-state index in [0.29, 0.717) is 0 Å². The molecular formula is C22H28FN3O4S. The van der Waals surface area contributed by atoms with E-state index in [1.807, 2.05) is 24.3 Å². The lowest BCUT2D eigenvalue weighted by Gasteiger charge is -2.35. The molecule has 0 saturated carbocycles. The van der Waals surface area contributed by atoms with Gasteiger partial charge in [0.1, 0.15) is 5.82 Å². The Morgan fingerprint density at radius 2 is 1.71 bits per heavy atom. The normalized spacial score (nSPS) is 19.9. The molecule has 2 aromatic carbocycles. The van der Waals surface area contributed by atoms with Gasteiger partial charge in [0.2, 0.25) is 10.0 Å². The summed E-state index contributed by atoms with van der Waals surface area (Å²) in [6.07, 6.45) is 0.417. The fraction of sp³-hybridized carbons (Fsp3) is 0.409. The summed E-state index contributed by atoms with van der Waals surface area (Å²) in [6, 6.07) is 11.0. The zero-order valence-electron chi connectivity index (χ0n) is 17.9. The standard InChI is InChI=1S/C22H28FN3O4S/c1-15-12-26(13-16(2)30-15)14-18-6-4-17(5-7-18)11-25-22(27)20-10-19(8-9-21(20)23)31(28,29)24-3/h4-10,15-16,24H,11-14H2,1-3H3,(H,25,27). The average molecular weight is 450 g/mol. The lowest BCUT2D eigenvalue weighted by Crippen LogP contribution is -2.44. The van der Waals surface area contributed by atoms with Gasteiger partial charge in [0, 0.05) is 26.2 Å². The molecule has 168 valence electrons. The second-order valence-electron chi connectivity index (χ2n) is 7.80. The molecule has 1 aliphatic heterocycles. The number of hydrogen-bond donors (Lipinski definition) is 2. The van der Waals surface area contributed by atoms with Crippen LogP contribution in [0.15, 0.2) is 47.4 Å². The molecule has 1 amide bonds. The highest BCUT2D eigenvalue weighted by Crippen LogP contribution is 2.16. The number of benzene rings is 2. The lowest BCUT2D eigenvalue weighted by molar-refractivity contribution is -0.0704. The maximum absolute atomic E-state index is 14.1. The van der Waals surface area contributed by atoms with Gasteiger partial charge in [-0.05, 0) is 50.2 Å². The number of hydrogen-bond acceptors (Lipinski definition) is 5. The van der Waals surface area contributed by atoms with Crippen molar-refractivity contribution in [1.29, 1.82) is 0 Å². The summed E-state index contributed by atoms with van der Waals surface area (Å²) >= 11 is 0. The van der Waals surface area contributed by atoms with E-state index in [2.05, 4.69) is 28.8 Å². The monoisotopic (exact) mass is 449 g/mol. The predicted molar refractivity (Wildman–Crippen MR) is 116 cm³/mol. The topological polar surface area (TPSA) is 87.7 Å². The van der Waals surface area contributed by atoms with Gasteiger partial charge in [-0.15, -0.1) is 0 Å². The van der Waals surface area contributed by atoms with Gasteiger partial charge in [-0.3, -0.25) is 9.69 Å². The lowest BCUT2D eigenvalue weighted by atomic mass is 10.1. The third-order valence-electron chi connectivity index (χ3n) is 5.14. The summed E-state index contributed by atoms with van der Waals surface area (Å²) in [5, 5.41) is 2.64. The Balaban J connectivity index is 1.60. The first-order chi connectivity index (χ1) is 14.7. The van der Waals surface area contributed by atoms with Gasteiger partial charge < -0.3 is 10.1 Å². The minimum Gasteiger partial charge on any atom is -0.373 e. The van der Waals surface area contributed by atoms with Crippen LogP contribution in [0, 0.1) is 5.82 Å². The van der Waals surface area contributed by atoms with Gasteiger partial charge >= 0.3 is 0 Å². The summed E-state index contributed by atoms with van der Waals surface area (Å²) in [5.74, 6) is -1.46. The molecule has 2 N–H and O–H groups in total. The summed E-state index contributed by atoms with van der Waals surface area (Å²) in [5.41, 5.74) is 1.70. The molecular weight excluding hydrogens is 421 g/mol. The van der Waals surface area contributed by atoms with Crippen LogP contribution in [0.1, 0.15) is 35.3 Å². The van der Waals surface area contributed by atoms with E-state index >= 15 is 0 Å². The van der Waals surface area contributed by atoms with Gasteiger partial charge in [0.25, 0.3) is 5.91 Å². The first-order valence-corrected chi connectivity index (χ1v) is 11.6. The van der Waals surface area contributed by atoms with Gasteiger partial charge in [0.05, 0.1) is 22.7 Å². The van der Waals surface area contributed by atoms with E-state index in [-0.39, 0.29) is 29.2 Å². The Bertz CT molecular complexity index is 1020. The second-order valence-corrected chi connectivity index (χ2v) is 9.69. The number of halogens is 1. The molecule has 2 aromatic rings. The number of ether oxygens (including phenoxy) is 1. The van der Waals surface area contributed by atoms with Crippen LogP contribution in [0.4, 0.5) is 4.39 Å². The fourth-order valence-electron chi connectivity index (χ4n) is 3.68. The van der Waals surface area contributed by atoms with Crippen LogP contribution >= 0.6 is 0 Å². The van der Waals surface area contributed by atoms with Gasteiger partial charge in [-0.1, -0.05) is 24.3 Å². The number of carbonyl (C=O) groups is 1. The van der Waals surface area contributed by atoms with Crippen LogP contribution < -0.4 is 10.0 Å². The van der Waals surface area contributed by atoms with Crippen molar-refractivity contribution < 1.29 is 22.3 Å². The quantitative estimate of drug-likeness (QED) is 0.677. The first-order valence-electron chi connectivity index (χ1n) is 10.1. The molecule has 2 unspecified atom stereocenters. The molecule has 1 fully saturated rings. The number of amides is 1. The van der Waals surface area contributed by atoms with Gasteiger partial charge in [-0.2, -0.15) is 0 Å². The molecule has 9 heteroatoms. The van der Waals surface area contributed by atoms with E-state index in [1.165, 1.54) is 7.05 Å². The minimum absolute atomic E-state index is 0.169. The molecule has 0 radical (unpaired) electrons. The van der Waals surface area contributed by atoms with E-state index in [0.717, 1.165) is 49.0 Å². The number of carbonyl (C=O) groups excluding carboxylic acids is 1. The molecule has 0 spiro atoms. The third-order valence-corrected chi connectivity index (χ3v) is 6.55. The van der Waals surface area contributed by atoms with Crippen molar-refractivity contribution in [3.05, 3.63) is 65.0 Å². The van der Waals surface area contributed by atoms with Crippen LogP contribution in [0.5, 0.6) is 0 Å². The Morgan fingerprint density at radius 3 is 2.32 bits per heavy atom. The molecule has 7 nitrogen and oxygen atoms in total. The molecule has 2 atom stereocenters. The molecule has 1 aliphatic rings. The van der Waals surface area contributed by atoms with Crippen LogP contribution in [-0.4, -0.2) is 51.6 Å². The minimum atomic E-state index is -3.77. The van der Waals surface area contributed by atoms with E-state index in [9.17, 15) is 17.6 Å². The maximum Gasteiger partial charge on any atom is 0.254 e. The smallest absolute Gasteiger partial charge is 0.254 e. The molecule has 1 saturated heterocycles. The number of nitrogens with one attached hydrogen (secondary N) is 2. The third kappa shape index (κ3) is 6.10. The van der Waals surface area contributed by atoms with E-state index in [1.54, 1.807) is 0 Å². The van der Waals surface area contributed by atoms with Crippen molar-refractivity contribution in [2.24, 2.45) is 0 Å². The molecule has 0 aliphatic carbocycles. The van der Waals surface area contributed by atoms with Crippen LogP contribution in [0.3, 0.4) is 0 Å². The van der Waals surface area contributed by atoms with Crippen molar-refractivity contribution in [3.8, 4) is 0 Å². The highest BCUT2D eigenvalue weighted by molar-refractivity contribution is 7.89. The molecule has 0 bridgehead atoms.